The summed E-state index contributed by atoms with van der Waals surface area (Å²) in [5.74, 6) is -0.272. The normalized spacial score (nSPS) is 17.7. The molecule has 0 fully saturated rings. The van der Waals surface area contributed by atoms with Crippen LogP contribution in [0.5, 0.6) is 0 Å². The molecule has 0 unspecified atom stereocenters. The summed E-state index contributed by atoms with van der Waals surface area (Å²) in [5, 5.41) is 3.36. The van der Waals surface area contributed by atoms with Gasteiger partial charge < -0.3 is 10.1 Å². The minimum Gasteiger partial charge on any atom is -0.465 e. The van der Waals surface area contributed by atoms with Crippen molar-refractivity contribution in [3.8, 4) is 0 Å². The maximum Gasteiger partial charge on any atom is 0.337 e. The molecule has 0 aromatic heterocycles. The monoisotopic (exact) mass is 219 g/mol. The molecule has 16 heavy (non-hydrogen) atoms. The Morgan fingerprint density at radius 2 is 2.19 bits per heavy atom. The Labute approximate surface area is 95.8 Å². The zero-order valence-corrected chi connectivity index (χ0v) is 9.96. The third-order valence-corrected chi connectivity index (χ3v) is 3.14. The predicted molar refractivity (Wildman–Crippen MR) is 62.5 cm³/mol. The zero-order chi connectivity index (χ0) is 11.8. The van der Waals surface area contributed by atoms with Gasteiger partial charge in [0.2, 0.25) is 0 Å². The van der Waals surface area contributed by atoms with Gasteiger partial charge in [-0.25, -0.2) is 4.79 Å². The van der Waals surface area contributed by atoms with E-state index in [0.29, 0.717) is 5.56 Å². The molecule has 1 aliphatic heterocycles. The summed E-state index contributed by atoms with van der Waals surface area (Å²) in [6.45, 7) is 6.20. The van der Waals surface area contributed by atoms with Crippen LogP contribution >= 0.6 is 0 Å². The van der Waals surface area contributed by atoms with Crippen LogP contribution in [-0.4, -0.2) is 19.6 Å². The van der Waals surface area contributed by atoms with Gasteiger partial charge in [-0.15, -0.1) is 0 Å². The van der Waals surface area contributed by atoms with E-state index in [1.54, 1.807) is 0 Å². The summed E-state index contributed by atoms with van der Waals surface area (Å²) >= 11 is 0. The van der Waals surface area contributed by atoms with Crippen LogP contribution < -0.4 is 5.32 Å². The number of carbonyl (C=O) groups excluding carboxylic acids is 1. The van der Waals surface area contributed by atoms with Crippen LogP contribution in [0.4, 0.5) is 0 Å². The highest BCUT2D eigenvalue weighted by atomic mass is 16.5. The van der Waals surface area contributed by atoms with E-state index < -0.39 is 0 Å². The molecule has 0 saturated carbocycles. The fraction of sp³-hybridized carbons (Fsp3) is 0.462. The van der Waals surface area contributed by atoms with Crippen LogP contribution in [0.1, 0.15) is 35.3 Å². The van der Waals surface area contributed by atoms with Crippen LogP contribution in [-0.2, 0) is 16.7 Å². The topological polar surface area (TPSA) is 38.3 Å². The van der Waals surface area contributed by atoms with Gasteiger partial charge in [-0.05, 0) is 23.3 Å². The van der Waals surface area contributed by atoms with E-state index in [1.807, 2.05) is 18.2 Å². The molecule has 1 aliphatic rings. The van der Waals surface area contributed by atoms with Crippen LogP contribution in [0.2, 0.25) is 0 Å². The standard InChI is InChI=1S/C13H17NO2/c1-13(2)8-14-7-10-6-9(12(15)16-3)4-5-11(10)13/h4-6,14H,7-8H2,1-3H3. The average molecular weight is 219 g/mol. The molecule has 1 aromatic rings. The van der Waals surface area contributed by atoms with Crippen molar-refractivity contribution in [2.75, 3.05) is 13.7 Å². The summed E-state index contributed by atoms with van der Waals surface area (Å²) in [6, 6.07) is 5.81. The SMILES string of the molecule is COC(=O)c1ccc2c(c1)CNCC2(C)C. The van der Waals surface area contributed by atoms with Crippen molar-refractivity contribution in [2.45, 2.75) is 25.8 Å². The summed E-state index contributed by atoms with van der Waals surface area (Å²) in [4.78, 5) is 11.4. The highest BCUT2D eigenvalue weighted by molar-refractivity contribution is 5.89. The van der Waals surface area contributed by atoms with E-state index in [2.05, 4.69) is 19.2 Å². The van der Waals surface area contributed by atoms with Gasteiger partial charge in [-0.2, -0.15) is 0 Å². The number of carbonyl (C=O) groups is 1. The maximum atomic E-state index is 11.4. The summed E-state index contributed by atoms with van der Waals surface area (Å²) in [7, 11) is 1.41. The van der Waals surface area contributed by atoms with E-state index in [-0.39, 0.29) is 11.4 Å². The van der Waals surface area contributed by atoms with Crippen molar-refractivity contribution in [1.82, 2.24) is 5.32 Å². The quantitative estimate of drug-likeness (QED) is 0.733. The molecule has 0 bridgehead atoms. The van der Waals surface area contributed by atoms with Crippen LogP contribution in [0.25, 0.3) is 0 Å². The molecule has 0 saturated heterocycles. The van der Waals surface area contributed by atoms with Crippen molar-refractivity contribution >= 4 is 5.97 Å². The molecule has 0 aliphatic carbocycles. The third-order valence-electron chi connectivity index (χ3n) is 3.14. The lowest BCUT2D eigenvalue weighted by Gasteiger charge is -2.33. The molecule has 3 heteroatoms. The van der Waals surface area contributed by atoms with Gasteiger partial charge in [0.15, 0.2) is 0 Å². The van der Waals surface area contributed by atoms with Crippen molar-refractivity contribution in [2.24, 2.45) is 0 Å². The Hall–Kier alpha value is -1.35. The van der Waals surface area contributed by atoms with Crippen LogP contribution in [0.15, 0.2) is 18.2 Å². The first-order valence-electron chi connectivity index (χ1n) is 5.47. The van der Waals surface area contributed by atoms with Crippen LogP contribution in [0.3, 0.4) is 0 Å². The van der Waals surface area contributed by atoms with Crippen molar-refractivity contribution in [3.63, 3.8) is 0 Å². The number of esters is 1. The highest BCUT2D eigenvalue weighted by Crippen LogP contribution is 2.30. The molecule has 0 amide bonds. The van der Waals surface area contributed by atoms with E-state index in [4.69, 9.17) is 4.74 Å². The zero-order valence-electron chi connectivity index (χ0n) is 9.96. The number of ether oxygens (including phenoxy) is 1. The Balaban J connectivity index is 2.43. The number of hydrogen-bond donors (Lipinski definition) is 1. The van der Waals surface area contributed by atoms with Gasteiger partial charge in [0, 0.05) is 18.5 Å². The van der Waals surface area contributed by atoms with Crippen molar-refractivity contribution < 1.29 is 9.53 Å². The molecule has 0 atom stereocenters. The number of methoxy groups -OCH3 is 1. The highest BCUT2D eigenvalue weighted by Gasteiger charge is 2.27. The molecule has 1 N–H and O–H groups in total. The number of hydrogen-bond acceptors (Lipinski definition) is 3. The van der Waals surface area contributed by atoms with Gasteiger partial charge in [0.1, 0.15) is 0 Å². The maximum absolute atomic E-state index is 11.4. The second-order valence-electron chi connectivity index (χ2n) is 4.85. The van der Waals surface area contributed by atoms with Gasteiger partial charge in [0.05, 0.1) is 12.7 Å². The molecule has 2 rings (SSSR count). The third kappa shape index (κ3) is 1.83. The molecule has 0 radical (unpaired) electrons. The molecular formula is C13H17NO2. The summed E-state index contributed by atoms with van der Waals surface area (Å²) < 4.78 is 4.72. The van der Waals surface area contributed by atoms with Gasteiger partial charge in [0.25, 0.3) is 0 Å². The second kappa shape index (κ2) is 3.91. The minimum atomic E-state index is -0.272. The van der Waals surface area contributed by atoms with Gasteiger partial charge >= 0.3 is 5.97 Å². The number of fused-ring (bicyclic) bond motifs is 1. The number of benzene rings is 1. The smallest absolute Gasteiger partial charge is 0.337 e. The first-order chi connectivity index (χ1) is 7.54. The average Bonchev–Trinajstić information content (AvgIpc) is 2.27. The fourth-order valence-electron chi connectivity index (χ4n) is 2.25. The van der Waals surface area contributed by atoms with E-state index in [9.17, 15) is 4.79 Å². The molecule has 86 valence electrons. The second-order valence-corrected chi connectivity index (χ2v) is 4.85. The van der Waals surface area contributed by atoms with Crippen molar-refractivity contribution in [3.05, 3.63) is 34.9 Å². The first-order valence-corrected chi connectivity index (χ1v) is 5.47. The van der Waals surface area contributed by atoms with Gasteiger partial charge in [-0.1, -0.05) is 19.9 Å². The van der Waals surface area contributed by atoms with E-state index >= 15 is 0 Å². The summed E-state index contributed by atoms with van der Waals surface area (Å²) in [6.07, 6.45) is 0. The molecule has 1 heterocycles. The Bertz CT molecular complexity index is 424. The van der Waals surface area contributed by atoms with E-state index in [0.717, 1.165) is 13.1 Å². The fourth-order valence-corrected chi connectivity index (χ4v) is 2.25. The van der Waals surface area contributed by atoms with Crippen molar-refractivity contribution in [1.29, 1.82) is 0 Å². The molecule has 3 nitrogen and oxygen atoms in total. The van der Waals surface area contributed by atoms with Crippen LogP contribution in [0, 0.1) is 0 Å². The molecule has 1 aromatic carbocycles. The lowest BCUT2D eigenvalue weighted by Crippen LogP contribution is -2.38. The lowest BCUT2D eigenvalue weighted by atomic mass is 9.79. The van der Waals surface area contributed by atoms with Gasteiger partial charge in [-0.3, -0.25) is 0 Å². The Kier molecular flexibility index (Phi) is 2.72. The molecular weight excluding hydrogens is 202 g/mol. The van der Waals surface area contributed by atoms with E-state index in [1.165, 1.54) is 18.2 Å². The number of nitrogens with one attached hydrogen (secondary N) is 1. The Morgan fingerprint density at radius 1 is 1.44 bits per heavy atom. The largest absolute Gasteiger partial charge is 0.465 e. The number of rotatable bonds is 1. The predicted octanol–water partition coefficient (Wildman–Crippen LogP) is 1.85. The minimum absolute atomic E-state index is 0.127. The molecule has 0 spiro atoms. The lowest BCUT2D eigenvalue weighted by molar-refractivity contribution is 0.0600. The summed E-state index contributed by atoms with van der Waals surface area (Å²) in [5.41, 5.74) is 3.26. The Morgan fingerprint density at radius 3 is 2.88 bits per heavy atom. The first kappa shape index (κ1) is 11.1.